The Balaban J connectivity index is 2.05. The third-order valence-corrected chi connectivity index (χ3v) is 5.88. The standard InChI is InChI=1S/C21H13FN2O2S/c1-2-13-16-15(10-14(18(13)22)11-6-4-3-5-7-11)24(12-8-9-12)21-17(19(16)25)20(26)23-27-21/h1,3-7,10,12H,8-9H2,(H,23,26). The summed E-state index contributed by atoms with van der Waals surface area (Å²) in [7, 11) is 0. The Morgan fingerprint density at radius 1 is 1.19 bits per heavy atom. The van der Waals surface area contributed by atoms with Crippen molar-refractivity contribution in [2.24, 2.45) is 0 Å². The molecule has 2 aromatic heterocycles. The van der Waals surface area contributed by atoms with Crippen molar-refractivity contribution in [1.29, 1.82) is 0 Å². The van der Waals surface area contributed by atoms with Crippen LogP contribution < -0.4 is 11.0 Å². The average Bonchev–Trinajstić information content (AvgIpc) is 3.44. The second kappa shape index (κ2) is 5.66. The van der Waals surface area contributed by atoms with Gasteiger partial charge in [-0.05, 0) is 36.0 Å². The molecule has 2 heterocycles. The Labute approximate surface area is 157 Å². The summed E-state index contributed by atoms with van der Waals surface area (Å²) in [4.78, 5) is 25.9. The Morgan fingerprint density at radius 3 is 2.59 bits per heavy atom. The third kappa shape index (κ3) is 2.22. The SMILES string of the molecule is C#Cc1c(F)c(-c2ccccc2)cc2c1c(=O)c1c(=O)[nH]sc1n2C1CC1. The molecule has 1 fully saturated rings. The zero-order valence-corrected chi connectivity index (χ0v) is 14.9. The molecule has 0 radical (unpaired) electrons. The Morgan fingerprint density at radius 2 is 1.93 bits per heavy atom. The molecular weight excluding hydrogens is 363 g/mol. The molecular formula is C21H13FN2O2S. The Hall–Kier alpha value is -3.17. The molecule has 132 valence electrons. The van der Waals surface area contributed by atoms with E-state index in [-0.39, 0.29) is 22.4 Å². The first-order chi connectivity index (χ1) is 13.1. The summed E-state index contributed by atoms with van der Waals surface area (Å²) in [5, 5.41) is 0.167. The van der Waals surface area contributed by atoms with Gasteiger partial charge in [0, 0.05) is 11.6 Å². The van der Waals surface area contributed by atoms with E-state index in [2.05, 4.69) is 10.3 Å². The number of halogens is 1. The van der Waals surface area contributed by atoms with Gasteiger partial charge in [-0.15, -0.1) is 6.42 Å². The van der Waals surface area contributed by atoms with Gasteiger partial charge in [-0.2, -0.15) is 0 Å². The number of hydrogen-bond acceptors (Lipinski definition) is 3. The summed E-state index contributed by atoms with van der Waals surface area (Å²) in [6.07, 6.45) is 7.50. The molecule has 1 N–H and O–H groups in total. The number of benzene rings is 2. The van der Waals surface area contributed by atoms with Crippen LogP contribution in [-0.4, -0.2) is 8.94 Å². The largest absolute Gasteiger partial charge is 0.328 e. The predicted octanol–water partition coefficient (Wildman–Crippen LogP) is 4.03. The number of rotatable bonds is 2. The molecule has 0 unspecified atom stereocenters. The lowest BCUT2D eigenvalue weighted by Gasteiger charge is -2.15. The van der Waals surface area contributed by atoms with Crippen LogP contribution in [0.4, 0.5) is 4.39 Å². The van der Waals surface area contributed by atoms with Crippen LogP contribution in [0.2, 0.25) is 0 Å². The minimum Gasteiger partial charge on any atom is -0.328 e. The van der Waals surface area contributed by atoms with Gasteiger partial charge in [-0.25, -0.2) is 4.39 Å². The summed E-state index contributed by atoms with van der Waals surface area (Å²) < 4.78 is 19.9. The normalized spacial score (nSPS) is 13.9. The molecule has 0 saturated heterocycles. The van der Waals surface area contributed by atoms with Crippen molar-refractivity contribution in [3.8, 4) is 23.5 Å². The fourth-order valence-corrected chi connectivity index (χ4v) is 4.55. The number of nitrogens with zero attached hydrogens (tertiary/aromatic N) is 1. The van der Waals surface area contributed by atoms with E-state index < -0.39 is 16.8 Å². The van der Waals surface area contributed by atoms with Crippen LogP contribution in [0.1, 0.15) is 24.4 Å². The lowest BCUT2D eigenvalue weighted by molar-refractivity contribution is 0.629. The molecule has 6 heteroatoms. The van der Waals surface area contributed by atoms with Gasteiger partial charge in [0.2, 0.25) is 5.43 Å². The van der Waals surface area contributed by atoms with Crippen LogP contribution in [0.5, 0.6) is 0 Å². The summed E-state index contributed by atoms with van der Waals surface area (Å²) in [5.41, 5.74) is 0.576. The minimum absolute atomic E-state index is 0.0581. The number of hydrogen-bond donors (Lipinski definition) is 1. The van der Waals surface area contributed by atoms with E-state index in [1.807, 2.05) is 22.8 Å². The van der Waals surface area contributed by atoms with Gasteiger partial charge in [0.15, 0.2) is 0 Å². The number of aromatic nitrogens is 2. The molecule has 1 saturated carbocycles. The highest BCUT2D eigenvalue weighted by atomic mass is 32.1. The fourth-order valence-electron chi connectivity index (χ4n) is 3.62. The maximum absolute atomic E-state index is 15.3. The van der Waals surface area contributed by atoms with E-state index in [9.17, 15) is 9.59 Å². The highest BCUT2D eigenvalue weighted by molar-refractivity contribution is 7.12. The van der Waals surface area contributed by atoms with Crippen LogP contribution >= 0.6 is 11.5 Å². The molecule has 0 bridgehead atoms. The number of terminal acetylenes is 1. The van der Waals surface area contributed by atoms with Gasteiger partial charge in [-0.3, -0.25) is 14.0 Å². The highest BCUT2D eigenvalue weighted by Gasteiger charge is 2.30. The van der Waals surface area contributed by atoms with Gasteiger partial charge in [-0.1, -0.05) is 36.3 Å². The molecule has 0 spiro atoms. The number of H-pyrrole nitrogens is 1. The molecule has 0 atom stereocenters. The molecule has 4 aromatic rings. The quantitative estimate of drug-likeness (QED) is 0.537. The van der Waals surface area contributed by atoms with E-state index in [1.54, 1.807) is 18.2 Å². The Bertz CT molecular complexity index is 1390. The van der Waals surface area contributed by atoms with Crippen molar-refractivity contribution >= 4 is 32.7 Å². The van der Waals surface area contributed by atoms with Gasteiger partial charge >= 0.3 is 0 Å². The summed E-state index contributed by atoms with van der Waals surface area (Å²) >= 11 is 1.14. The molecule has 1 aliphatic rings. The summed E-state index contributed by atoms with van der Waals surface area (Å²) in [6, 6.07) is 11.0. The smallest absolute Gasteiger partial charge is 0.271 e. The van der Waals surface area contributed by atoms with Gasteiger partial charge in [0.05, 0.1) is 16.5 Å². The molecule has 0 aliphatic heterocycles. The first-order valence-electron chi connectivity index (χ1n) is 8.55. The first kappa shape index (κ1) is 16.0. The number of pyridine rings is 1. The fraction of sp³-hybridized carbons (Fsp3) is 0.143. The zero-order chi connectivity index (χ0) is 18.7. The van der Waals surface area contributed by atoms with E-state index in [4.69, 9.17) is 6.42 Å². The predicted molar refractivity (Wildman–Crippen MR) is 106 cm³/mol. The molecule has 0 amide bonds. The van der Waals surface area contributed by atoms with Crippen molar-refractivity contribution in [3.05, 3.63) is 68.4 Å². The van der Waals surface area contributed by atoms with Gasteiger partial charge < -0.3 is 4.57 Å². The second-order valence-electron chi connectivity index (χ2n) is 6.66. The van der Waals surface area contributed by atoms with Crippen LogP contribution in [-0.2, 0) is 0 Å². The molecule has 4 nitrogen and oxygen atoms in total. The van der Waals surface area contributed by atoms with Crippen LogP contribution in [0.15, 0.2) is 46.0 Å². The van der Waals surface area contributed by atoms with Crippen molar-refractivity contribution in [2.75, 3.05) is 0 Å². The second-order valence-corrected chi connectivity index (χ2v) is 7.46. The highest BCUT2D eigenvalue weighted by Crippen LogP contribution is 2.41. The van der Waals surface area contributed by atoms with Crippen LogP contribution in [0.25, 0.3) is 32.2 Å². The maximum Gasteiger partial charge on any atom is 0.271 e. The van der Waals surface area contributed by atoms with Gasteiger partial charge in [0.25, 0.3) is 5.56 Å². The minimum atomic E-state index is -0.610. The van der Waals surface area contributed by atoms with E-state index in [0.717, 1.165) is 24.4 Å². The topological polar surface area (TPSA) is 54.9 Å². The summed E-state index contributed by atoms with van der Waals surface area (Å²) in [5.74, 6) is 1.75. The molecule has 2 aromatic carbocycles. The third-order valence-electron chi connectivity index (χ3n) is 5.00. The van der Waals surface area contributed by atoms with Crippen molar-refractivity contribution < 1.29 is 4.39 Å². The molecule has 27 heavy (non-hydrogen) atoms. The van der Waals surface area contributed by atoms with Crippen molar-refractivity contribution in [1.82, 2.24) is 8.94 Å². The first-order valence-corrected chi connectivity index (χ1v) is 9.37. The molecule has 5 rings (SSSR count). The number of nitrogens with one attached hydrogen (secondary N) is 1. The van der Waals surface area contributed by atoms with E-state index in [1.165, 1.54) is 0 Å². The summed E-state index contributed by atoms with van der Waals surface area (Å²) in [6.45, 7) is 0. The maximum atomic E-state index is 15.3. The lowest BCUT2D eigenvalue weighted by Crippen LogP contribution is -2.17. The Kier molecular flexibility index (Phi) is 3.36. The monoisotopic (exact) mass is 376 g/mol. The lowest BCUT2D eigenvalue weighted by atomic mass is 9.97. The zero-order valence-electron chi connectivity index (χ0n) is 14.1. The number of fused-ring (bicyclic) bond motifs is 2. The van der Waals surface area contributed by atoms with E-state index >= 15 is 4.39 Å². The van der Waals surface area contributed by atoms with Crippen molar-refractivity contribution in [3.63, 3.8) is 0 Å². The molecule has 1 aliphatic carbocycles. The van der Waals surface area contributed by atoms with Crippen LogP contribution in [0.3, 0.4) is 0 Å². The number of aromatic amines is 1. The van der Waals surface area contributed by atoms with Crippen LogP contribution in [0, 0.1) is 18.2 Å². The average molecular weight is 376 g/mol. The van der Waals surface area contributed by atoms with Gasteiger partial charge in [0.1, 0.15) is 16.0 Å². The van der Waals surface area contributed by atoms with E-state index in [0.29, 0.717) is 21.5 Å². The van der Waals surface area contributed by atoms with Crippen molar-refractivity contribution in [2.45, 2.75) is 18.9 Å².